The second-order valence-corrected chi connectivity index (χ2v) is 6.19. The summed E-state index contributed by atoms with van der Waals surface area (Å²) in [7, 11) is 1.59. The lowest BCUT2D eigenvalue weighted by Crippen LogP contribution is -2.40. The van der Waals surface area contributed by atoms with E-state index in [1.807, 2.05) is 37.3 Å². The van der Waals surface area contributed by atoms with Gasteiger partial charge in [0, 0.05) is 25.6 Å². The van der Waals surface area contributed by atoms with Crippen molar-refractivity contribution in [3.05, 3.63) is 30.3 Å². The van der Waals surface area contributed by atoms with E-state index in [-0.39, 0.29) is 30.4 Å². The Hall–Kier alpha value is -2.08. The highest BCUT2D eigenvalue weighted by Crippen LogP contribution is 2.25. The van der Waals surface area contributed by atoms with Crippen LogP contribution in [-0.4, -0.2) is 54.3 Å². The predicted molar refractivity (Wildman–Crippen MR) is 88.9 cm³/mol. The van der Waals surface area contributed by atoms with Gasteiger partial charge in [-0.2, -0.15) is 0 Å². The number of benzene rings is 1. The number of aliphatic carboxylic acids is 1. The first-order valence-electron chi connectivity index (χ1n) is 8.24. The van der Waals surface area contributed by atoms with Gasteiger partial charge in [0.2, 0.25) is 5.91 Å². The van der Waals surface area contributed by atoms with Gasteiger partial charge in [-0.1, -0.05) is 25.1 Å². The molecule has 3 unspecified atom stereocenters. The van der Waals surface area contributed by atoms with Crippen LogP contribution in [0.3, 0.4) is 0 Å². The first-order chi connectivity index (χ1) is 11.5. The Bertz CT molecular complexity index is 548. The van der Waals surface area contributed by atoms with Crippen molar-refractivity contribution in [2.75, 3.05) is 20.3 Å². The van der Waals surface area contributed by atoms with Crippen LogP contribution in [0.25, 0.3) is 0 Å². The molecule has 0 aliphatic carbocycles. The van der Waals surface area contributed by atoms with Crippen molar-refractivity contribution < 1.29 is 24.2 Å². The van der Waals surface area contributed by atoms with Crippen LogP contribution in [0.4, 0.5) is 0 Å². The molecule has 1 amide bonds. The van der Waals surface area contributed by atoms with Gasteiger partial charge in [-0.25, -0.2) is 0 Å². The molecule has 3 atom stereocenters. The molecule has 0 aromatic heterocycles. The summed E-state index contributed by atoms with van der Waals surface area (Å²) >= 11 is 0. The van der Waals surface area contributed by atoms with Crippen LogP contribution in [0.1, 0.15) is 26.2 Å². The van der Waals surface area contributed by atoms with Crippen molar-refractivity contribution in [1.29, 1.82) is 0 Å². The van der Waals surface area contributed by atoms with E-state index < -0.39 is 5.97 Å². The Balaban J connectivity index is 1.87. The molecule has 24 heavy (non-hydrogen) atoms. The van der Waals surface area contributed by atoms with Crippen molar-refractivity contribution in [1.82, 2.24) is 4.90 Å². The summed E-state index contributed by atoms with van der Waals surface area (Å²) in [5.74, 6) is -0.366. The molecule has 1 aromatic carbocycles. The van der Waals surface area contributed by atoms with Crippen LogP contribution in [0, 0.1) is 5.92 Å². The standard InChI is InChI=1S/C18H25NO5/c1-13(8-9-24-15-6-4-3-5-7-15)18(22)19-12-16(23-2)10-14(19)11-17(20)21/h3-7,13-14,16H,8-12H2,1-2H3,(H,20,21). The number of carboxylic acid groups (broad SMARTS) is 1. The zero-order valence-corrected chi connectivity index (χ0v) is 14.2. The quantitative estimate of drug-likeness (QED) is 0.788. The number of hydrogen-bond donors (Lipinski definition) is 1. The molecular formula is C18H25NO5. The number of methoxy groups -OCH3 is 1. The van der Waals surface area contributed by atoms with Gasteiger partial charge in [0.1, 0.15) is 5.75 Å². The highest BCUT2D eigenvalue weighted by Gasteiger charge is 2.37. The molecule has 0 radical (unpaired) electrons. The molecule has 1 aliphatic rings. The Morgan fingerprint density at radius 2 is 2.04 bits per heavy atom. The topological polar surface area (TPSA) is 76.1 Å². The highest BCUT2D eigenvalue weighted by molar-refractivity contribution is 5.80. The highest BCUT2D eigenvalue weighted by atomic mass is 16.5. The van der Waals surface area contributed by atoms with Crippen molar-refractivity contribution in [2.24, 2.45) is 5.92 Å². The number of ether oxygens (including phenoxy) is 2. The average Bonchev–Trinajstić information content (AvgIpc) is 2.97. The van der Waals surface area contributed by atoms with Gasteiger partial charge in [0.15, 0.2) is 0 Å². The monoisotopic (exact) mass is 335 g/mol. The van der Waals surface area contributed by atoms with Gasteiger partial charge in [-0.15, -0.1) is 0 Å². The van der Waals surface area contributed by atoms with Crippen molar-refractivity contribution in [2.45, 2.75) is 38.3 Å². The molecule has 2 rings (SSSR count). The van der Waals surface area contributed by atoms with Crippen LogP contribution in [0.2, 0.25) is 0 Å². The maximum atomic E-state index is 12.7. The third kappa shape index (κ3) is 4.96. The second kappa shape index (κ2) is 8.68. The van der Waals surface area contributed by atoms with E-state index in [1.54, 1.807) is 12.0 Å². The summed E-state index contributed by atoms with van der Waals surface area (Å²) in [5, 5.41) is 9.04. The number of carbonyl (C=O) groups excluding carboxylic acids is 1. The van der Waals surface area contributed by atoms with E-state index in [1.165, 1.54) is 0 Å². The smallest absolute Gasteiger partial charge is 0.305 e. The first kappa shape index (κ1) is 18.3. The van der Waals surface area contributed by atoms with Gasteiger partial charge in [0.05, 0.1) is 19.1 Å². The van der Waals surface area contributed by atoms with Crippen molar-refractivity contribution in [3.63, 3.8) is 0 Å². The normalized spacial score (nSPS) is 21.5. The summed E-state index contributed by atoms with van der Waals surface area (Å²) in [6.45, 7) is 2.76. The Labute approximate surface area is 142 Å². The van der Waals surface area contributed by atoms with Gasteiger partial charge >= 0.3 is 5.97 Å². The molecule has 6 heteroatoms. The summed E-state index contributed by atoms with van der Waals surface area (Å²) in [4.78, 5) is 25.3. The number of carbonyl (C=O) groups is 2. The van der Waals surface area contributed by atoms with E-state index in [2.05, 4.69) is 0 Å². The molecule has 1 aliphatic heterocycles. The molecule has 0 spiro atoms. The molecule has 0 saturated carbocycles. The first-order valence-corrected chi connectivity index (χ1v) is 8.24. The molecule has 1 fully saturated rings. The molecule has 6 nitrogen and oxygen atoms in total. The summed E-state index contributed by atoms with van der Waals surface area (Å²) < 4.78 is 10.9. The van der Waals surface area contributed by atoms with Gasteiger partial charge < -0.3 is 19.5 Å². The summed E-state index contributed by atoms with van der Waals surface area (Å²) in [6, 6.07) is 9.17. The second-order valence-electron chi connectivity index (χ2n) is 6.19. The fourth-order valence-electron chi connectivity index (χ4n) is 2.99. The number of para-hydroxylation sites is 1. The summed E-state index contributed by atoms with van der Waals surface area (Å²) in [6.07, 6.45) is 1.02. The predicted octanol–water partition coefficient (Wildman–Crippen LogP) is 2.18. The third-order valence-electron chi connectivity index (χ3n) is 4.39. The lowest BCUT2D eigenvalue weighted by atomic mass is 10.1. The van der Waals surface area contributed by atoms with E-state index in [4.69, 9.17) is 14.6 Å². The maximum absolute atomic E-state index is 12.7. The van der Waals surface area contributed by atoms with E-state index in [9.17, 15) is 9.59 Å². The molecule has 0 bridgehead atoms. The maximum Gasteiger partial charge on any atom is 0.305 e. The van der Waals surface area contributed by atoms with Crippen molar-refractivity contribution in [3.8, 4) is 5.75 Å². The fraction of sp³-hybridized carbons (Fsp3) is 0.556. The number of hydrogen-bond acceptors (Lipinski definition) is 4. The minimum absolute atomic E-state index is 0.0301. The number of amides is 1. The average molecular weight is 335 g/mol. The van der Waals surface area contributed by atoms with E-state index in [0.717, 1.165) is 5.75 Å². The molecular weight excluding hydrogens is 310 g/mol. The largest absolute Gasteiger partial charge is 0.494 e. The van der Waals surface area contributed by atoms with Crippen LogP contribution in [0.15, 0.2) is 30.3 Å². The van der Waals surface area contributed by atoms with E-state index >= 15 is 0 Å². The Morgan fingerprint density at radius 1 is 1.33 bits per heavy atom. The zero-order valence-electron chi connectivity index (χ0n) is 14.2. The van der Waals surface area contributed by atoms with Crippen LogP contribution < -0.4 is 4.74 Å². The van der Waals surface area contributed by atoms with Crippen molar-refractivity contribution >= 4 is 11.9 Å². The van der Waals surface area contributed by atoms with Crippen LogP contribution >= 0.6 is 0 Å². The molecule has 1 aromatic rings. The minimum atomic E-state index is -0.894. The van der Waals surface area contributed by atoms with Crippen LogP contribution in [0.5, 0.6) is 5.75 Å². The lowest BCUT2D eigenvalue weighted by Gasteiger charge is -2.26. The Morgan fingerprint density at radius 3 is 2.67 bits per heavy atom. The Kier molecular flexibility index (Phi) is 6.61. The molecule has 1 heterocycles. The molecule has 1 N–H and O–H groups in total. The van der Waals surface area contributed by atoms with Gasteiger partial charge in [-0.05, 0) is 25.0 Å². The SMILES string of the molecule is COC1CC(CC(=O)O)N(C(=O)C(C)CCOc2ccccc2)C1. The van der Waals surface area contributed by atoms with Gasteiger partial charge in [-0.3, -0.25) is 9.59 Å². The fourth-order valence-corrected chi connectivity index (χ4v) is 2.99. The number of rotatable bonds is 8. The molecule has 1 saturated heterocycles. The summed E-state index contributed by atoms with van der Waals surface area (Å²) in [5.41, 5.74) is 0. The number of likely N-dealkylation sites (tertiary alicyclic amines) is 1. The van der Waals surface area contributed by atoms with Crippen LogP contribution in [-0.2, 0) is 14.3 Å². The zero-order chi connectivity index (χ0) is 17.5. The van der Waals surface area contributed by atoms with Gasteiger partial charge in [0.25, 0.3) is 0 Å². The van der Waals surface area contributed by atoms with E-state index in [0.29, 0.717) is 26.0 Å². The lowest BCUT2D eigenvalue weighted by molar-refractivity contribution is -0.141. The third-order valence-corrected chi connectivity index (χ3v) is 4.39. The minimum Gasteiger partial charge on any atom is -0.494 e. The molecule has 132 valence electrons. The number of carboxylic acids is 1. The number of nitrogens with zero attached hydrogens (tertiary/aromatic N) is 1.